The van der Waals surface area contributed by atoms with Gasteiger partial charge in [-0.15, -0.1) is 0 Å². The van der Waals surface area contributed by atoms with Gasteiger partial charge in [0.15, 0.2) is 22.1 Å². The number of ether oxygens (including phenoxy) is 3. The molecule has 2 N–H and O–H groups in total. The zero-order valence-electron chi connectivity index (χ0n) is 27.5. The third-order valence-electron chi connectivity index (χ3n) is 7.83. The minimum atomic E-state index is -1.25. The monoisotopic (exact) mass is 689 g/mol. The topological polar surface area (TPSA) is 172 Å². The fourth-order valence-corrected chi connectivity index (χ4v) is 6.51. The minimum Gasteiger partial charge on any atom is -0.462 e. The normalized spacial score (nSPS) is 19.5. The largest absolute Gasteiger partial charge is 0.462 e. The quantitative estimate of drug-likeness (QED) is 0.113. The lowest BCUT2D eigenvalue weighted by Gasteiger charge is -2.30. The van der Waals surface area contributed by atoms with Crippen LogP contribution in [0, 0.1) is 13.8 Å². The number of anilines is 1. The molecule has 0 aliphatic carbocycles. The lowest BCUT2D eigenvalue weighted by atomic mass is 9.78. The summed E-state index contributed by atoms with van der Waals surface area (Å²) < 4.78 is 19.0. The summed E-state index contributed by atoms with van der Waals surface area (Å²) in [5.74, 6) is -0.237. The van der Waals surface area contributed by atoms with Gasteiger partial charge in [-0.1, -0.05) is 31.7 Å². The van der Waals surface area contributed by atoms with Gasteiger partial charge in [0.25, 0.3) is 0 Å². The van der Waals surface area contributed by atoms with E-state index in [-0.39, 0.29) is 59.2 Å². The fourth-order valence-electron chi connectivity index (χ4n) is 5.76. The number of esters is 2. The van der Waals surface area contributed by atoms with Crippen LogP contribution in [0.4, 0.5) is 5.82 Å². The summed E-state index contributed by atoms with van der Waals surface area (Å²) in [4.78, 5) is 61.3. The molecule has 1 aliphatic heterocycles. The third-order valence-corrected chi connectivity index (χ3v) is 8.90. The molecule has 2 aromatic heterocycles. The second kappa shape index (κ2) is 14.7. The summed E-state index contributed by atoms with van der Waals surface area (Å²) in [5, 5.41) is 13.6. The molecule has 0 radical (unpaired) electrons. The number of amides is 1. The number of halogens is 1. The Labute approximate surface area is 282 Å². The third kappa shape index (κ3) is 8.86. The number of nitrogens with zero attached hydrogens (tertiary/aromatic N) is 4. The molecular weight excluding hydrogens is 650 g/mol. The van der Waals surface area contributed by atoms with Crippen LogP contribution in [0.25, 0.3) is 11.2 Å². The van der Waals surface area contributed by atoms with E-state index in [1.807, 2.05) is 33.8 Å². The van der Waals surface area contributed by atoms with E-state index < -0.39 is 35.3 Å². The zero-order chi connectivity index (χ0) is 34.7. The molecular formula is C32H40ClN5O8S. The van der Waals surface area contributed by atoms with Crippen LogP contribution in [0.5, 0.6) is 5.75 Å². The molecule has 1 fully saturated rings. The smallest absolute Gasteiger partial charge is 0.308 e. The summed E-state index contributed by atoms with van der Waals surface area (Å²) in [6.45, 7) is 11.8. The molecule has 254 valence electrons. The number of hydrogen-bond donors (Lipinski definition) is 2. The van der Waals surface area contributed by atoms with Gasteiger partial charge in [-0.3, -0.25) is 23.7 Å². The number of imidazole rings is 1. The van der Waals surface area contributed by atoms with Gasteiger partial charge in [-0.05, 0) is 56.0 Å². The highest BCUT2D eigenvalue weighted by atomic mass is 35.5. The van der Waals surface area contributed by atoms with Crippen LogP contribution in [0.2, 0.25) is 5.28 Å². The highest BCUT2D eigenvalue weighted by molar-refractivity contribution is 8.13. The van der Waals surface area contributed by atoms with Gasteiger partial charge < -0.3 is 24.6 Å². The van der Waals surface area contributed by atoms with Crippen LogP contribution < -0.4 is 10.1 Å². The minimum absolute atomic E-state index is 0.0121. The number of rotatable bonds is 12. The molecule has 13 nitrogen and oxygen atoms in total. The number of aliphatic hydroxyl groups excluding tert-OH is 1. The van der Waals surface area contributed by atoms with Crippen molar-refractivity contribution in [2.45, 2.75) is 97.5 Å². The number of aliphatic hydroxyl groups is 1. The van der Waals surface area contributed by atoms with Crippen LogP contribution in [-0.4, -0.2) is 71.7 Å². The van der Waals surface area contributed by atoms with Gasteiger partial charge in [-0.25, -0.2) is 4.98 Å². The predicted octanol–water partition coefficient (Wildman–Crippen LogP) is 4.97. The first-order valence-electron chi connectivity index (χ1n) is 15.1. The maximum absolute atomic E-state index is 13.1. The molecule has 0 unspecified atom stereocenters. The standard InChI is InChI=1S/C32H40ClN5O8S/c1-17-11-18(2)26(21(12-17)45-19(3)39)31(5,6)14-25(43)44-15-32(7)22(41)13-24(46-32)38-16-34-27-28(36-30(33)37-29(27)38)35-23(42)9-8-10-47-20(4)40/h11-12,16,22,24,41H,8-10,13-15H2,1-7H3,(H,35,36,37,42)/t22-,24+,32+/m0/s1. The van der Waals surface area contributed by atoms with Crippen molar-refractivity contribution in [3.8, 4) is 5.75 Å². The van der Waals surface area contributed by atoms with E-state index >= 15 is 0 Å². The molecule has 3 atom stereocenters. The Morgan fingerprint density at radius 2 is 1.94 bits per heavy atom. The van der Waals surface area contributed by atoms with Crippen molar-refractivity contribution in [3.63, 3.8) is 0 Å². The van der Waals surface area contributed by atoms with E-state index in [0.29, 0.717) is 17.9 Å². The van der Waals surface area contributed by atoms with Gasteiger partial charge in [0, 0.05) is 43.4 Å². The first-order chi connectivity index (χ1) is 22.0. The van der Waals surface area contributed by atoms with Crippen LogP contribution >= 0.6 is 23.4 Å². The number of thioether (sulfide) groups is 1. The average molecular weight is 690 g/mol. The van der Waals surface area contributed by atoms with Gasteiger partial charge >= 0.3 is 11.9 Å². The van der Waals surface area contributed by atoms with Crippen LogP contribution in [-0.2, 0) is 34.1 Å². The number of fused-ring (bicyclic) bond motifs is 1. The first kappa shape index (κ1) is 36.2. The van der Waals surface area contributed by atoms with Gasteiger partial charge in [0.1, 0.15) is 24.2 Å². The lowest BCUT2D eigenvalue weighted by Crippen LogP contribution is -2.42. The van der Waals surface area contributed by atoms with E-state index in [2.05, 4.69) is 20.3 Å². The highest BCUT2D eigenvalue weighted by Crippen LogP contribution is 2.40. The summed E-state index contributed by atoms with van der Waals surface area (Å²) in [5.41, 5.74) is 1.10. The molecule has 1 aromatic carbocycles. The van der Waals surface area contributed by atoms with Crippen molar-refractivity contribution in [1.82, 2.24) is 19.5 Å². The van der Waals surface area contributed by atoms with Gasteiger partial charge in [-0.2, -0.15) is 9.97 Å². The van der Waals surface area contributed by atoms with Gasteiger partial charge in [0.05, 0.1) is 18.9 Å². The Bertz CT molecular complexity index is 1700. The van der Waals surface area contributed by atoms with Crippen molar-refractivity contribution in [2.24, 2.45) is 0 Å². The van der Waals surface area contributed by atoms with E-state index in [9.17, 15) is 24.3 Å². The van der Waals surface area contributed by atoms with Crippen LogP contribution in [0.3, 0.4) is 0 Å². The molecule has 1 aliphatic rings. The van der Waals surface area contributed by atoms with E-state index in [4.69, 9.17) is 25.8 Å². The summed E-state index contributed by atoms with van der Waals surface area (Å²) >= 11 is 7.35. The maximum atomic E-state index is 13.1. The van der Waals surface area contributed by atoms with Crippen LogP contribution in [0.15, 0.2) is 18.5 Å². The van der Waals surface area contributed by atoms with Crippen molar-refractivity contribution in [1.29, 1.82) is 0 Å². The van der Waals surface area contributed by atoms with E-state index in [1.54, 1.807) is 17.6 Å². The summed E-state index contributed by atoms with van der Waals surface area (Å²) in [6.07, 6.45) is 0.496. The molecule has 0 spiro atoms. The molecule has 3 aromatic rings. The predicted molar refractivity (Wildman–Crippen MR) is 176 cm³/mol. The molecule has 15 heteroatoms. The number of benzene rings is 1. The second-order valence-corrected chi connectivity index (χ2v) is 14.2. The molecule has 4 rings (SSSR count). The first-order valence-corrected chi connectivity index (χ1v) is 16.5. The Morgan fingerprint density at radius 3 is 2.62 bits per heavy atom. The van der Waals surface area contributed by atoms with Gasteiger partial charge in [0.2, 0.25) is 11.2 Å². The molecule has 47 heavy (non-hydrogen) atoms. The number of carbonyl (C=O) groups is 4. The molecule has 0 saturated carbocycles. The Morgan fingerprint density at radius 1 is 1.21 bits per heavy atom. The SMILES string of the molecule is CC(=O)Oc1cc(C)cc(C)c1C(C)(C)CC(=O)OC[C@@]1(C)O[C@@H](n2cnc3c(NC(=O)CCCSC(C)=O)nc(Cl)nc32)C[C@@H]1O. The lowest BCUT2D eigenvalue weighted by molar-refractivity contribution is -0.163. The molecule has 3 heterocycles. The molecule has 0 bridgehead atoms. The highest BCUT2D eigenvalue weighted by Gasteiger charge is 2.47. The number of carbonyl (C=O) groups excluding carboxylic acids is 4. The van der Waals surface area contributed by atoms with Crippen LogP contribution in [0.1, 0.15) is 83.2 Å². The van der Waals surface area contributed by atoms with Crippen molar-refractivity contribution in [2.75, 3.05) is 17.7 Å². The van der Waals surface area contributed by atoms with Crippen molar-refractivity contribution >= 4 is 63.3 Å². The molecule has 1 saturated heterocycles. The van der Waals surface area contributed by atoms with E-state index in [0.717, 1.165) is 28.5 Å². The fraction of sp³-hybridized carbons (Fsp3) is 0.531. The van der Waals surface area contributed by atoms with E-state index in [1.165, 1.54) is 20.2 Å². The van der Waals surface area contributed by atoms with Crippen molar-refractivity contribution < 1.29 is 38.5 Å². The van der Waals surface area contributed by atoms with Crippen molar-refractivity contribution in [3.05, 3.63) is 40.4 Å². The summed E-state index contributed by atoms with van der Waals surface area (Å²) in [6, 6.07) is 3.74. The Balaban J connectivity index is 1.43. The number of hydrogen-bond acceptors (Lipinski definition) is 12. The second-order valence-electron chi connectivity index (χ2n) is 12.6. The zero-order valence-corrected chi connectivity index (χ0v) is 29.1. The summed E-state index contributed by atoms with van der Waals surface area (Å²) in [7, 11) is 0. The number of aryl methyl sites for hydroxylation is 2. The maximum Gasteiger partial charge on any atom is 0.308 e. The Kier molecular flexibility index (Phi) is 11.3. The average Bonchev–Trinajstić information content (AvgIpc) is 3.49. The number of nitrogens with one attached hydrogen (secondary N) is 1. The number of aromatic nitrogens is 4. The Hall–Kier alpha value is -3.59. The molecule has 1 amide bonds.